The third-order valence-electron chi connectivity index (χ3n) is 1.96. The molecule has 16 heavy (non-hydrogen) atoms. The van der Waals surface area contributed by atoms with Gasteiger partial charge in [0.2, 0.25) is 5.71 Å². The summed E-state index contributed by atoms with van der Waals surface area (Å²) in [5.41, 5.74) is 0.978. The fourth-order valence-electron chi connectivity index (χ4n) is 1.28. The van der Waals surface area contributed by atoms with E-state index in [2.05, 4.69) is 27.6 Å². The zero-order valence-corrected chi connectivity index (χ0v) is 11.0. The number of furan rings is 1. The lowest BCUT2D eigenvalue weighted by atomic mass is 10.2. The summed E-state index contributed by atoms with van der Waals surface area (Å²) in [4.78, 5) is 15.7. The van der Waals surface area contributed by atoms with Crippen molar-refractivity contribution < 1.29 is 13.9 Å². The summed E-state index contributed by atoms with van der Waals surface area (Å²) in [6.07, 6.45) is 2.94. The van der Waals surface area contributed by atoms with Gasteiger partial charge in [-0.3, -0.25) is 0 Å². The van der Waals surface area contributed by atoms with Crippen LogP contribution >= 0.6 is 22.6 Å². The number of carbonyl (C=O) groups is 1. The SMILES string of the molecule is CC(C)OC(=O)c1cnc2occ(I)c2c1. The molecule has 2 heterocycles. The molecule has 0 bridgehead atoms. The minimum atomic E-state index is -0.360. The lowest BCUT2D eigenvalue weighted by Crippen LogP contribution is -2.11. The van der Waals surface area contributed by atoms with Crippen LogP contribution in [0.5, 0.6) is 0 Å². The number of pyridine rings is 1. The molecule has 0 aromatic carbocycles. The van der Waals surface area contributed by atoms with Crippen molar-refractivity contribution >= 4 is 39.7 Å². The highest BCUT2D eigenvalue weighted by Crippen LogP contribution is 2.22. The number of halogens is 1. The molecule has 84 valence electrons. The summed E-state index contributed by atoms with van der Waals surface area (Å²) >= 11 is 2.13. The van der Waals surface area contributed by atoms with Gasteiger partial charge in [0.1, 0.15) is 6.26 Å². The van der Waals surface area contributed by atoms with Crippen molar-refractivity contribution in [2.24, 2.45) is 0 Å². The molecule has 2 rings (SSSR count). The monoisotopic (exact) mass is 331 g/mol. The molecular formula is C11H10INO3. The highest BCUT2D eigenvalue weighted by molar-refractivity contribution is 14.1. The lowest BCUT2D eigenvalue weighted by molar-refractivity contribution is 0.0377. The molecule has 0 N–H and O–H groups in total. The van der Waals surface area contributed by atoms with Crippen molar-refractivity contribution in [3.8, 4) is 0 Å². The van der Waals surface area contributed by atoms with Crippen LogP contribution in [0.3, 0.4) is 0 Å². The van der Waals surface area contributed by atoms with Crippen molar-refractivity contribution in [1.82, 2.24) is 4.98 Å². The number of esters is 1. The molecule has 0 fully saturated rings. The van der Waals surface area contributed by atoms with Gasteiger partial charge < -0.3 is 9.15 Å². The first-order valence-corrected chi connectivity index (χ1v) is 5.89. The third kappa shape index (κ3) is 2.18. The van der Waals surface area contributed by atoms with E-state index >= 15 is 0 Å². The molecule has 4 nitrogen and oxygen atoms in total. The minimum absolute atomic E-state index is 0.133. The van der Waals surface area contributed by atoms with Crippen LogP contribution in [0.2, 0.25) is 0 Å². The van der Waals surface area contributed by atoms with Crippen molar-refractivity contribution in [1.29, 1.82) is 0 Å². The molecule has 0 saturated heterocycles. The second-order valence-corrected chi connectivity index (χ2v) is 4.78. The molecule has 0 amide bonds. The van der Waals surface area contributed by atoms with Gasteiger partial charge in [-0.25, -0.2) is 9.78 Å². The number of nitrogens with zero attached hydrogens (tertiary/aromatic N) is 1. The van der Waals surface area contributed by atoms with E-state index in [0.717, 1.165) is 8.96 Å². The minimum Gasteiger partial charge on any atom is -0.459 e. The van der Waals surface area contributed by atoms with Crippen molar-refractivity contribution in [3.63, 3.8) is 0 Å². The molecule has 0 aliphatic heterocycles. The molecule has 2 aromatic heterocycles. The highest BCUT2D eigenvalue weighted by atomic mass is 127. The van der Waals surface area contributed by atoms with Crippen LogP contribution in [0.15, 0.2) is 22.9 Å². The lowest BCUT2D eigenvalue weighted by Gasteiger charge is -2.07. The quantitative estimate of drug-likeness (QED) is 0.627. The first-order valence-electron chi connectivity index (χ1n) is 4.81. The predicted octanol–water partition coefficient (Wildman–Crippen LogP) is 3.00. The average Bonchev–Trinajstić information content (AvgIpc) is 2.59. The molecule has 0 radical (unpaired) electrons. The first-order chi connectivity index (χ1) is 7.58. The van der Waals surface area contributed by atoms with Gasteiger partial charge in [0.25, 0.3) is 0 Å². The van der Waals surface area contributed by atoms with Gasteiger partial charge in [-0.1, -0.05) is 0 Å². The van der Waals surface area contributed by atoms with Gasteiger partial charge in [-0.15, -0.1) is 0 Å². The summed E-state index contributed by atoms with van der Waals surface area (Å²) in [6, 6.07) is 1.73. The first kappa shape index (κ1) is 11.4. The Kier molecular flexibility index (Phi) is 3.13. The van der Waals surface area contributed by atoms with Gasteiger partial charge in [0, 0.05) is 6.20 Å². The van der Waals surface area contributed by atoms with Crippen molar-refractivity contribution in [3.05, 3.63) is 27.7 Å². The predicted molar refractivity (Wildman–Crippen MR) is 67.3 cm³/mol. The fraction of sp³-hybridized carbons (Fsp3) is 0.273. The number of fused-ring (bicyclic) bond motifs is 1. The maximum atomic E-state index is 11.6. The Labute approximate surface area is 106 Å². The maximum absolute atomic E-state index is 11.6. The Morgan fingerprint density at radius 1 is 1.56 bits per heavy atom. The topological polar surface area (TPSA) is 52.3 Å². The third-order valence-corrected chi connectivity index (χ3v) is 2.80. The number of rotatable bonds is 2. The van der Waals surface area contributed by atoms with Crippen molar-refractivity contribution in [2.45, 2.75) is 20.0 Å². The number of ether oxygens (including phenoxy) is 1. The number of aromatic nitrogens is 1. The molecular weight excluding hydrogens is 321 g/mol. The van der Waals surface area contributed by atoms with Crippen molar-refractivity contribution in [2.75, 3.05) is 0 Å². The molecule has 0 unspecified atom stereocenters. The summed E-state index contributed by atoms with van der Waals surface area (Å²) in [5, 5.41) is 0.832. The standard InChI is InChI=1S/C11H10INO3/c1-6(2)16-11(14)7-3-8-9(12)5-15-10(8)13-4-7/h3-6H,1-2H3. The molecule has 0 spiro atoms. The second-order valence-electron chi connectivity index (χ2n) is 3.61. The largest absolute Gasteiger partial charge is 0.459 e. The molecule has 0 aliphatic carbocycles. The van der Waals surface area contributed by atoms with Gasteiger partial charge >= 0.3 is 5.97 Å². The van der Waals surface area contributed by atoms with E-state index in [1.165, 1.54) is 6.20 Å². The zero-order chi connectivity index (χ0) is 11.7. The van der Waals surface area contributed by atoms with Crippen LogP contribution in [0, 0.1) is 3.57 Å². The van der Waals surface area contributed by atoms with E-state index in [4.69, 9.17) is 9.15 Å². The summed E-state index contributed by atoms with van der Waals surface area (Å²) in [5.74, 6) is -0.360. The van der Waals surface area contributed by atoms with E-state index in [-0.39, 0.29) is 12.1 Å². The van der Waals surface area contributed by atoms with E-state index < -0.39 is 0 Å². The molecule has 5 heteroatoms. The van der Waals surface area contributed by atoms with Gasteiger partial charge in [-0.05, 0) is 42.5 Å². The van der Waals surface area contributed by atoms with Crippen LogP contribution in [0.25, 0.3) is 11.1 Å². The Bertz CT molecular complexity index is 533. The Morgan fingerprint density at radius 3 is 3.00 bits per heavy atom. The summed E-state index contributed by atoms with van der Waals surface area (Å²) in [6.45, 7) is 3.62. The van der Waals surface area contributed by atoms with E-state index in [1.807, 2.05) is 13.8 Å². The molecule has 0 aliphatic rings. The van der Waals surface area contributed by atoms with Crippen LogP contribution in [0.1, 0.15) is 24.2 Å². The average molecular weight is 331 g/mol. The second kappa shape index (κ2) is 4.40. The van der Waals surface area contributed by atoms with Gasteiger partial charge in [0.15, 0.2) is 0 Å². The van der Waals surface area contributed by atoms with Crippen LogP contribution in [0.4, 0.5) is 0 Å². The van der Waals surface area contributed by atoms with Gasteiger partial charge in [0.05, 0.1) is 20.6 Å². The van der Waals surface area contributed by atoms with Crippen LogP contribution < -0.4 is 0 Å². The smallest absolute Gasteiger partial charge is 0.339 e. The number of hydrogen-bond acceptors (Lipinski definition) is 4. The van der Waals surface area contributed by atoms with E-state index in [1.54, 1.807) is 12.3 Å². The van der Waals surface area contributed by atoms with Gasteiger partial charge in [-0.2, -0.15) is 0 Å². The highest BCUT2D eigenvalue weighted by Gasteiger charge is 2.13. The maximum Gasteiger partial charge on any atom is 0.339 e. The zero-order valence-electron chi connectivity index (χ0n) is 8.86. The Hall–Kier alpha value is -1.11. The van der Waals surface area contributed by atoms with Crippen LogP contribution in [-0.4, -0.2) is 17.1 Å². The Balaban J connectivity index is 2.38. The molecule has 2 aromatic rings. The normalized spacial score (nSPS) is 11.0. The molecule has 0 atom stereocenters. The fourth-order valence-corrected chi connectivity index (χ4v) is 1.80. The van der Waals surface area contributed by atoms with Crippen LogP contribution in [-0.2, 0) is 4.74 Å². The van der Waals surface area contributed by atoms with E-state index in [9.17, 15) is 4.79 Å². The Morgan fingerprint density at radius 2 is 2.31 bits per heavy atom. The molecule has 0 saturated carbocycles. The number of hydrogen-bond donors (Lipinski definition) is 0. The number of carbonyl (C=O) groups excluding carboxylic acids is 1. The summed E-state index contributed by atoms with van der Waals surface area (Å²) < 4.78 is 11.2. The van der Waals surface area contributed by atoms with E-state index in [0.29, 0.717) is 11.3 Å². The summed E-state index contributed by atoms with van der Waals surface area (Å²) in [7, 11) is 0.